The van der Waals surface area contributed by atoms with Crippen LogP contribution in [0.5, 0.6) is 0 Å². The summed E-state index contributed by atoms with van der Waals surface area (Å²) in [6, 6.07) is 18.7. The van der Waals surface area contributed by atoms with Gasteiger partial charge in [-0.25, -0.2) is 0 Å². The normalized spacial score (nSPS) is 17.5. The highest BCUT2D eigenvalue weighted by Crippen LogP contribution is 2.49. The van der Waals surface area contributed by atoms with Crippen molar-refractivity contribution in [2.75, 3.05) is 16.5 Å². The van der Waals surface area contributed by atoms with Crippen LogP contribution < -0.4 is 9.80 Å². The lowest BCUT2D eigenvalue weighted by Gasteiger charge is -2.27. The molecule has 0 bridgehead atoms. The maximum atomic E-state index is 8.93. The van der Waals surface area contributed by atoms with Crippen LogP contribution in [0.15, 0.2) is 121 Å². The third kappa shape index (κ3) is 3.87. The highest BCUT2D eigenvalue weighted by atomic mass is 15.4. The Labute approximate surface area is 223 Å². The summed E-state index contributed by atoms with van der Waals surface area (Å²) in [4.78, 5) is 3.94. The minimum absolute atomic E-state index is 0.0162. The smallest absolute Gasteiger partial charge is 0.100 e. The number of hydrogen-bond donors (Lipinski definition) is 0. The van der Waals surface area contributed by atoms with Crippen LogP contribution in [0.2, 0.25) is 0 Å². The van der Waals surface area contributed by atoms with E-state index in [1.807, 2.05) is 64.4 Å². The lowest BCUT2D eigenvalue weighted by molar-refractivity contribution is 0.992. The Morgan fingerprint density at radius 3 is 1.74 bits per heavy atom. The molecule has 0 N–H and O–H groups in total. The summed E-state index contributed by atoms with van der Waals surface area (Å²) >= 11 is 0. The lowest BCUT2D eigenvalue weighted by Crippen LogP contribution is -2.24. The van der Waals surface area contributed by atoms with Crippen LogP contribution >= 0.6 is 0 Å². The second-order valence-electron chi connectivity index (χ2n) is 8.27. The maximum absolute atomic E-state index is 8.93. The molecule has 0 amide bonds. The molecule has 0 saturated carbocycles. The first-order valence-electron chi connectivity index (χ1n) is 16.8. The first kappa shape index (κ1) is 12.4. The molecule has 0 radical (unpaired) electrons. The molecular weight excluding hydrogens is 424 g/mol. The van der Waals surface area contributed by atoms with Gasteiger partial charge in [0.05, 0.1) is 28.0 Å². The Morgan fingerprint density at radius 2 is 1.14 bits per heavy atom. The van der Waals surface area contributed by atoms with Gasteiger partial charge in [0.25, 0.3) is 0 Å². The van der Waals surface area contributed by atoms with Crippen molar-refractivity contribution >= 4 is 22.7 Å². The molecule has 0 unspecified atom stereocenters. The molecule has 0 saturated heterocycles. The van der Waals surface area contributed by atoms with Gasteiger partial charge in [-0.15, -0.1) is 0 Å². The second kappa shape index (κ2) is 8.81. The van der Waals surface area contributed by atoms with Crippen molar-refractivity contribution in [3.8, 4) is 22.3 Å². The van der Waals surface area contributed by atoms with Gasteiger partial charge in [-0.1, -0.05) is 108 Å². The number of hydrogen-bond acceptors (Lipinski definition) is 2. The Bertz CT molecular complexity index is 1970. The van der Waals surface area contributed by atoms with E-state index < -0.39 is 36.6 Å². The highest BCUT2D eigenvalue weighted by Gasteiger charge is 2.30. The van der Waals surface area contributed by atoms with Crippen molar-refractivity contribution in [3.05, 3.63) is 132 Å². The van der Waals surface area contributed by atoms with Crippen LogP contribution in [0.3, 0.4) is 0 Å². The lowest BCUT2D eigenvalue weighted by atomic mass is 9.94. The van der Waals surface area contributed by atoms with E-state index in [0.717, 1.165) is 17.1 Å². The average molecular weight is 464 g/mol. The van der Waals surface area contributed by atoms with Gasteiger partial charge in [-0.3, -0.25) is 0 Å². The Morgan fingerprint density at radius 1 is 0.600 bits per heavy atom. The first-order valence-corrected chi connectivity index (χ1v) is 11.3. The van der Waals surface area contributed by atoms with Crippen LogP contribution in [-0.4, -0.2) is 6.67 Å². The van der Waals surface area contributed by atoms with Gasteiger partial charge in [-0.05, 0) is 49.2 Å². The zero-order valence-electron chi connectivity index (χ0n) is 30.0. The summed E-state index contributed by atoms with van der Waals surface area (Å²) < 4.78 is 93.6. The quantitative estimate of drug-likeness (QED) is 0.262. The number of nitrogens with zero attached hydrogens (tertiary/aromatic N) is 2. The number of anilines is 4. The minimum atomic E-state index is -2.88. The Balaban J connectivity index is 1.73. The monoisotopic (exact) mass is 463 g/mol. The SMILES string of the molecule is [2H]c1c([2H])c(-c2cccc(-c3c([2H])c([2H])c(C([2H])([2H])[2H])c([2H])c3[2H])c2N2CN(c3ccccc3)c3ccccc32)c([2H])c([2H])c1C. The fraction of sp³-hybridized carbons (Fsp3) is 0.0909. The summed E-state index contributed by atoms with van der Waals surface area (Å²) in [5, 5.41) is 0. The molecule has 0 fully saturated rings. The summed E-state index contributed by atoms with van der Waals surface area (Å²) in [5.41, 5.74) is 2.65. The minimum Gasteiger partial charge on any atom is -0.321 e. The zero-order chi connectivity index (χ0) is 33.2. The predicted octanol–water partition coefficient (Wildman–Crippen LogP) is 8.88. The van der Waals surface area contributed by atoms with Crippen molar-refractivity contribution < 1.29 is 15.1 Å². The molecule has 5 aromatic carbocycles. The van der Waals surface area contributed by atoms with Crippen molar-refractivity contribution in [1.29, 1.82) is 0 Å². The highest BCUT2D eigenvalue weighted by molar-refractivity contribution is 5.98. The molecule has 0 aliphatic carbocycles. The molecule has 2 heteroatoms. The number of fused-ring (bicyclic) bond motifs is 1. The molecule has 6 rings (SSSR count). The third-order valence-electron chi connectivity index (χ3n) is 6.03. The van der Waals surface area contributed by atoms with Gasteiger partial charge >= 0.3 is 0 Å². The molecule has 1 aliphatic heterocycles. The Hall–Kier alpha value is -4.30. The van der Waals surface area contributed by atoms with E-state index in [1.54, 1.807) is 18.2 Å². The largest absolute Gasteiger partial charge is 0.321 e. The van der Waals surface area contributed by atoms with Crippen LogP contribution in [0, 0.1) is 13.8 Å². The number of para-hydroxylation sites is 4. The standard InChI is InChI=1S/C33H28N2/c1-24-15-19-26(20-16-24)29-11-8-12-30(27-21-17-25(2)18-22-27)33(29)35-23-34(28-9-4-3-5-10-28)31-13-6-7-14-32(31)35/h3-22H,23H2,1-2H3/i1D3,15D,16D,17D,18D,19D,20D,21D,22D. The molecule has 0 aromatic heterocycles. The zero-order valence-corrected chi connectivity index (χ0v) is 19.0. The van der Waals surface area contributed by atoms with E-state index in [-0.39, 0.29) is 58.7 Å². The fourth-order valence-electron chi connectivity index (χ4n) is 4.43. The van der Waals surface area contributed by atoms with Gasteiger partial charge in [0, 0.05) is 20.9 Å². The van der Waals surface area contributed by atoms with Crippen LogP contribution in [0.4, 0.5) is 22.7 Å². The summed E-state index contributed by atoms with van der Waals surface area (Å²) in [6.07, 6.45) is 0. The molecule has 0 spiro atoms. The average Bonchev–Trinajstić information content (AvgIpc) is 3.41. The van der Waals surface area contributed by atoms with Gasteiger partial charge in [0.15, 0.2) is 0 Å². The van der Waals surface area contributed by atoms with Crippen molar-refractivity contribution in [1.82, 2.24) is 0 Å². The first-order chi connectivity index (χ1) is 21.8. The van der Waals surface area contributed by atoms with E-state index in [4.69, 9.17) is 15.1 Å². The van der Waals surface area contributed by atoms with Crippen molar-refractivity contribution in [3.63, 3.8) is 0 Å². The third-order valence-corrected chi connectivity index (χ3v) is 6.03. The summed E-state index contributed by atoms with van der Waals surface area (Å²) in [5.74, 6) is 0. The topological polar surface area (TPSA) is 6.48 Å². The van der Waals surface area contributed by atoms with Crippen molar-refractivity contribution in [2.24, 2.45) is 0 Å². The van der Waals surface area contributed by atoms with E-state index in [9.17, 15) is 0 Å². The van der Waals surface area contributed by atoms with Crippen molar-refractivity contribution in [2.45, 2.75) is 13.8 Å². The van der Waals surface area contributed by atoms with E-state index in [2.05, 4.69) is 0 Å². The van der Waals surface area contributed by atoms with E-state index in [1.165, 1.54) is 6.92 Å². The molecule has 2 nitrogen and oxygen atoms in total. The molecule has 1 aliphatic rings. The van der Waals surface area contributed by atoms with E-state index >= 15 is 0 Å². The maximum Gasteiger partial charge on any atom is 0.100 e. The van der Waals surface area contributed by atoms with Gasteiger partial charge in [0.1, 0.15) is 6.67 Å². The second-order valence-corrected chi connectivity index (χ2v) is 8.27. The van der Waals surface area contributed by atoms with Gasteiger partial charge in [-0.2, -0.15) is 0 Å². The van der Waals surface area contributed by atoms with Gasteiger partial charge < -0.3 is 9.80 Å². The number of rotatable bonds is 4. The fourth-order valence-corrected chi connectivity index (χ4v) is 4.43. The van der Waals surface area contributed by atoms with Crippen LogP contribution in [0.1, 0.15) is 26.2 Å². The molecule has 170 valence electrons. The van der Waals surface area contributed by atoms with Crippen LogP contribution in [0.25, 0.3) is 22.3 Å². The molecule has 0 atom stereocenters. The summed E-state index contributed by atoms with van der Waals surface area (Å²) in [7, 11) is 0. The molecule has 35 heavy (non-hydrogen) atoms. The van der Waals surface area contributed by atoms with Gasteiger partial charge in [0.2, 0.25) is 0 Å². The molecule has 5 aromatic rings. The molecule has 1 heterocycles. The van der Waals surface area contributed by atoms with Crippen LogP contribution in [-0.2, 0) is 0 Å². The van der Waals surface area contributed by atoms with E-state index in [0.29, 0.717) is 5.69 Å². The predicted molar refractivity (Wildman–Crippen MR) is 149 cm³/mol. The molecular formula is C33H28N2. The summed E-state index contributed by atoms with van der Waals surface area (Å²) in [6.45, 7) is -1.14. The Kier molecular flexibility index (Phi) is 3.12. The number of benzene rings is 5.